The van der Waals surface area contributed by atoms with Crippen LogP contribution in [0.2, 0.25) is 5.02 Å². The van der Waals surface area contributed by atoms with E-state index in [9.17, 15) is 14.7 Å². The van der Waals surface area contributed by atoms with Crippen molar-refractivity contribution in [1.82, 2.24) is 4.90 Å². The van der Waals surface area contributed by atoms with Crippen LogP contribution in [0.25, 0.3) is 0 Å². The summed E-state index contributed by atoms with van der Waals surface area (Å²) in [6.45, 7) is 2.72. The van der Waals surface area contributed by atoms with Gasteiger partial charge in [-0.1, -0.05) is 96.5 Å². The van der Waals surface area contributed by atoms with E-state index in [0.29, 0.717) is 19.4 Å². The average molecular weight is 582 g/mol. The summed E-state index contributed by atoms with van der Waals surface area (Å²) in [6.07, 6.45) is 2.34. The molecule has 6 heteroatoms. The lowest BCUT2D eigenvalue weighted by molar-refractivity contribution is -0.138. The van der Waals surface area contributed by atoms with Crippen molar-refractivity contribution in [2.24, 2.45) is 0 Å². The Morgan fingerprint density at radius 2 is 1.50 bits per heavy atom. The van der Waals surface area contributed by atoms with Crippen LogP contribution in [0.4, 0.5) is 0 Å². The molecule has 0 aromatic heterocycles. The predicted octanol–water partition coefficient (Wildman–Crippen LogP) is 7.34. The first-order valence-corrected chi connectivity index (χ1v) is 14.8. The second-order valence-corrected chi connectivity index (χ2v) is 11.8. The van der Waals surface area contributed by atoms with Crippen molar-refractivity contribution >= 4 is 23.5 Å². The number of fused-ring (bicyclic) bond motifs is 1. The van der Waals surface area contributed by atoms with Crippen LogP contribution in [0.3, 0.4) is 0 Å². The average Bonchev–Trinajstić information content (AvgIpc) is 3.33. The molecular weight excluding hydrogens is 546 g/mol. The summed E-state index contributed by atoms with van der Waals surface area (Å²) in [5, 5.41) is 10.1. The Hall–Kier alpha value is -4.09. The number of rotatable bonds is 12. The zero-order chi connectivity index (χ0) is 29.5. The lowest BCUT2D eigenvalue weighted by Gasteiger charge is -2.28. The summed E-state index contributed by atoms with van der Waals surface area (Å²) in [5.41, 5.74) is 5.23. The second kappa shape index (κ2) is 13.3. The standard InChI is InChI=1S/C36H36ClNO4/c1-36(23-27-12-16-31(37)17-13-27)24-30-22-26(14-18-33(30)42-36)15-19-34(39)38(21-20-35(40)41)25-32(28-8-4-2-5-9-28)29-10-6-3-7-11-29/h2-14,16-18,22,32H,15,19-21,23-25H2,1H3,(H,40,41)/t36-/m0/s1. The number of carboxylic acid groups (broad SMARTS) is 1. The number of amides is 1. The topological polar surface area (TPSA) is 66.8 Å². The van der Waals surface area contributed by atoms with Crippen LogP contribution in [0.1, 0.15) is 53.5 Å². The van der Waals surface area contributed by atoms with E-state index in [4.69, 9.17) is 16.3 Å². The smallest absolute Gasteiger partial charge is 0.305 e. The fourth-order valence-corrected chi connectivity index (χ4v) is 5.94. The van der Waals surface area contributed by atoms with Gasteiger partial charge in [0.2, 0.25) is 5.91 Å². The Kier molecular flexibility index (Phi) is 9.28. The van der Waals surface area contributed by atoms with Gasteiger partial charge in [0.15, 0.2) is 0 Å². The van der Waals surface area contributed by atoms with Crippen LogP contribution < -0.4 is 4.74 Å². The number of nitrogens with zero attached hydrogens (tertiary/aromatic N) is 1. The van der Waals surface area contributed by atoms with E-state index in [1.165, 1.54) is 5.56 Å². The van der Waals surface area contributed by atoms with Crippen molar-refractivity contribution in [2.75, 3.05) is 13.1 Å². The van der Waals surface area contributed by atoms with Crippen molar-refractivity contribution in [3.63, 3.8) is 0 Å². The summed E-state index contributed by atoms with van der Waals surface area (Å²) >= 11 is 6.05. The number of carbonyl (C=O) groups is 2. The minimum absolute atomic E-state index is 0.0440. The number of carbonyl (C=O) groups excluding carboxylic acids is 1. The minimum atomic E-state index is -0.913. The van der Waals surface area contributed by atoms with E-state index in [2.05, 4.69) is 37.3 Å². The number of hydrogen-bond acceptors (Lipinski definition) is 3. The molecule has 1 aliphatic heterocycles. The quantitative estimate of drug-likeness (QED) is 0.190. The largest absolute Gasteiger partial charge is 0.487 e. The normalized spacial score (nSPS) is 15.7. The third kappa shape index (κ3) is 7.59. The van der Waals surface area contributed by atoms with Crippen molar-refractivity contribution in [3.8, 4) is 5.75 Å². The summed E-state index contributed by atoms with van der Waals surface area (Å²) in [7, 11) is 0. The lowest BCUT2D eigenvalue weighted by atomic mass is 9.90. The number of halogens is 1. The van der Waals surface area contributed by atoms with Crippen LogP contribution in [0, 0.1) is 0 Å². The fraction of sp³-hybridized carbons (Fsp3) is 0.278. The summed E-state index contributed by atoms with van der Waals surface area (Å²) in [4.78, 5) is 26.8. The molecule has 1 atom stereocenters. The van der Waals surface area contributed by atoms with E-state index < -0.39 is 5.97 Å². The summed E-state index contributed by atoms with van der Waals surface area (Å²) in [5.74, 6) is -0.125. The molecule has 0 bridgehead atoms. The van der Waals surface area contributed by atoms with Gasteiger partial charge in [0.1, 0.15) is 11.4 Å². The van der Waals surface area contributed by atoms with Crippen LogP contribution >= 0.6 is 11.6 Å². The summed E-state index contributed by atoms with van der Waals surface area (Å²) in [6, 6.07) is 34.2. The molecule has 1 heterocycles. The van der Waals surface area contributed by atoms with Crippen molar-refractivity contribution in [2.45, 2.75) is 50.5 Å². The molecule has 4 aromatic carbocycles. The zero-order valence-corrected chi connectivity index (χ0v) is 24.6. The molecule has 1 N–H and O–H groups in total. The molecule has 216 valence electrons. The van der Waals surface area contributed by atoms with Gasteiger partial charge in [0, 0.05) is 43.3 Å². The van der Waals surface area contributed by atoms with Gasteiger partial charge in [-0.05, 0) is 59.4 Å². The number of aliphatic carboxylic acids is 1. The Morgan fingerprint density at radius 3 is 2.12 bits per heavy atom. The van der Waals surface area contributed by atoms with Gasteiger partial charge in [-0.3, -0.25) is 9.59 Å². The van der Waals surface area contributed by atoms with E-state index in [-0.39, 0.29) is 30.4 Å². The Bertz CT molecular complexity index is 1470. The highest BCUT2D eigenvalue weighted by Crippen LogP contribution is 2.38. The first-order chi connectivity index (χ1) is 20.3. The zero-order valence-electron chi connectivity index (χ0n) is 23.8. The van der Waals surface area contributed by atoms with Gasteiger partial charge in [-0.25, -0.2) is 0 Å². The molecule has 1 aliphatic rings. The van der Waals surface area contributed by atoms with Gasteiger partial charge in [0.25, 0.3) is 0 Å². The number of carboxylic acids is 1. The van der Waals surface area contributed by atoms with Crippen molar-refractivity contribution in [1.29, 1.82) is 0 Å². The van der Waals surface area contributed by atoms with E-state index in [1.807, 2.05) is 72.8 Å². The highest BCUT2D eigenvalue weighted by molar-refractivity contribution is 6.30. The van der Waals surface area contributed by atoms with Crippen LogP contribution in [-0.4, -0.2) is 40.6 Å². The monoisotopic (exact) mass is 581 g/mol. The molecule has 0 spiro atoms. The fourth-order valence-electron chi connectivity index (χ4n) is 5.82. The van der Waals surface area contributed by atoms with Gasteiger partial charge in [-0.2, -0.15) is 0 Å². The van der Waals surface area contributed by atoms with Gasteiger partial charge >= 0.3 is 5.97 Å². The van der Waals surface area contributed by atoms with Crippen molar-refractivity contribution in [3.05, 3.63) is 136 Å². The van der Waals surface area contributed by atoms with Gasteiger partial charge < -0.3 is 14.7 Å². The minimum Gasteiger partial charge on any atom is -0.487 e. The molecule has 5 rings (SSSR count). The SMILES string of the molecule is C[C@]1(Cc2ccc(Cl)cc2)Cc2cc(CCC(=O)N(CCC(=O)O)CC(c3ccccc3)c3ccccc3)ccc2O1. The first kappa shape index (κ1) is 29.4. The molecule has 0 unspecified atom stereocenters. The second-order valence-electron chi connectivity index (χ2n) is 11.3. The molecule has 1 amide bonds. The summed E-state index contributed by atoms with van der Waals surface area (Å²) < 4.78 is 6.37. The maximum absolute atomic E-state index is 13.6. The van der Waals surface area contributed by atoms with Crippen LogP contribution in [-0.2, 0) is 28.9 Å². The Morgan fingerprint density at radius 1 is 0.881 bits per heavy atom. The van der Waals surface area contributed by atoms with Crippen LogP contribution in [0.15, 0.2) is 103 Å². The number of benzene rings is 4. The number of ether oxygens (including phenoxy) is 1. The number of hydrogen-bond donors (Lipinski definition) is 1. The van der Waals surface area contributed by atoms with Crippen LogP contribution in [0.5, 0.6) is 5.75 Å². The maximum atomic E-state index is 13.6. The maximum Gasteiger partial charge on any atom is 0.305 e. The van der Waals surface area contributed by atoms with E-state index in [1.54, 1.807) is 4.90 Å². The molecule has 0 radical (unpaired) electrons. The van der Waals surface area contributed by atoms with E-state index in [0.717, 1.165) is 45.9 Å². The first-order valence-electron chi connectivity index (χ1n) is 14.4. The van der Waals surface area contributed by atoms with Gasteiger partial charge in [0.05, 0.1) is 6.42 Å². The van der Waals surface area contributed by atoms with Crippen molar-refractivity contribution < 1.29 is 19.4 Å². The van der Waals surface area contributed by atoms with Gasteiger partial charge in [-0.15, -0.1) is 0 Å². The molecule has 42 heavy (non-hydrogen) atoms. The predicted molar refractivity (Wildman–Crippen MR) is 166 cm³/mol. The lowest BCUT2D eigenvalue weighted by Crippen LogP contribution is -2.37. The Balaban J connectivity index is 1.27. The number of aryl methyl sites for hydroxylation is 1. The molecule has 0 saturated heterocycles. The molecule has 0 fully saturated rings. The van der Waals surface area contributed by atoms with E-state index >= 15 is 0 Å². The third-order valence-electron chi connectivity index (χ3n) is 7.92. The molecule has 0 aliphatic carbocycles. The highest BCUT2D eigenvalue weighted by atomic mass is 35.5. The molecule has 0 saturated carbocycles. The third-order valence-corrected chi connectivity index (χ3v) is 8.17. The highest BCUT2D eigenvalue weighted by Gasteiger charge is 2.35. The molecule has 4 aromatic rings. The molecular formula is C36H36ClNO4. The Labute approximate surface area is 252 Å². The molecule has 5 nitrogen and oxygen atoms in total.